The van der Waals surface area contributed by atoms with Crippen molar-refractivity contribution in [1.82, 2.24) is 0 Å². The average Bonchev–Trinajstić information content (AvgIpc) is 2.42. The molecule has 0 saturated heterocycles. The summed E-state index contributed by atoms with van der Waals surface area (Å²) in [5, 5.41) is 2.84. The van der Waals surface area contributed by atoms with E-state index < -0.39 is 5.54 Å². The van der Waals surface area contributed by atoms with Crippen LogP contribution in [0, 0.1) is 0 Å². The van der Waals surface area contributed by atoms with Gasteiger partial charge in [0.15, 0.2) is 0 Å². The molecule has 98 valence electrons. The number of halogens is 1. The summed E-state index contributed by atoms with van der Waals surface area (Å²) in [7, 11) is 0. The minimum absolute atomic E-state index is 0.245. The molecule has 1 unspecified atom stereocenters. The quantitative estimate of drug-likeness (QED) is 0.912. The highest BCUT2D eigenvalue weighted by Crippen LogP contribution is 2.24. The molecule has 0 aliphatic heterocycles. The first-order valence-electron chi connectivity index (χ1n) is 5.92. The molecular weight excluding hydrogens is 304 g/mol. The lowest BCUT2D eigenvalue weighted by molar-refractivity contribution is -0.120. The molecule has 3 nitrogen and oxygen atoms in total. The highest BCUT2D eigenvalue weighted by molar-refractivity contribution is 9.10. The van der Waals surface area contributed by atoms with Gasteiger partial charge < -0.3 is 11.1 Å². The van der Waals surface area contributed by atoms with Gasteiger partial charge in [0.05, 0.1) is 5.69 Å². The molecule has 2 aromatic rings. The van der Waals surface area contributed by atoms with Crippen LogP contribution in [-0.2, 0) is 10.3 Å². The molecule has 0 radical (unpaired) electrons. The zero-order chi connectivity index (χ0) is 13.9. The molecule has 1 amide bonds. The van der Waals surface area contributed by atoms with E-state index in [1.165, 1.54) is 0 Å². The molecule has 0 spiro atoms. The summed E-state index contributed by atoms with van der Waals surface area (Å²) in [6.45, 7) is 1.70. The average molecular weight is 319 g/mol. The van der Waals surface area contributed by atoms with Gasteiger partial charge in [0.1, 0.15) is 5.54 Å². The predicted octanol–water partition coefficient (Wildman–Crippen LogP) is 3.26. The van der Waals surface area contributed by atoms with Gasteiger partial charge in [0, 0.05) is 4.47 Å². The minimum atomic E-state index is -1.07. The fraction of sp³-hybridized carbons (Fsp3) is 0.133. The largest absolute Gasteiger partial charge is 0.323 e. The number of rotatable bonds is 3. The molecule has 0 aromatic heterocycles. The number of nitrogens with one attached hydrogen (secondary N) is 1. The van der Waals surface area contributed by atoms with E-state index in [1.54, 1.807) is 6.92 Å². The highest BCUT2D eigenvalue weighted by Gasteiger charge is 2.30. The van der Waals surface area contributed by atoms with Crippen LogP contribution in [-0.4, -0.2) is 5.91 Å². The van der Waals surface area contributed by atoms with Gasteiger partial charge >= 0.3 is 0 Å². The number of anilines is 1. The lowest BCUT2D eigenvalue weighted by Crippen LogP contribution is -2.45. The third-order valence-electron chi connectivity index (χ3n) is 2.97. The van der Waals surface area contributed by atoms with Crippen LogP contribution in [0.25, 0.3) is 0 Å². The molecule has 2 rings (SSSR count). The van der Waals surface area contributed by atoms with Crippen molar-refractivity contribution in [2.75, 3.05) is 5.32 Å². The molecular formula is C15H15BrN2O. The zero-order valence-corrected chi connectivity index (χ0v) is 12.1. The highest BCUT2D eigenvalue weighted by atomic mass is 79.9. The van der Waals surface area contributed by atoms with Crippen molar-refractivity contribution in [3.8, 4) is 0 Å². The maximum absolute atomic E-state index is 12.3. The smallest absolute Gasteiger partial charge is 0.248 e. The third kappa shape index (κ3) is 3.03. The van der Waals surface area contributed by atoms with E-state index in [2.05, 4.69) is 21.2 Å². The second-order valence-corrected chi connectivity index (χ2v) is 5.36. The summed E-state index contributed by atoms with van der Waals surface area (Å²) in [6, 6.07) is 16.8. The summed E-state index contributed by atoms with van der Waals surface area (Å²) < 4.78 is 0.826. The first-order valence-corrected chi connectivity index (χ1v) is 6.71. The monoisotopic (exact) mass is 318 g/mol. The van der Waals surface area contributed by atoms with Crippen LogP contribution in [0.5, 0.6) is 0 Å². The maximum atomic E-state index is 12.3. The zero-order valence-electron chi connectivity index (χ0n) is 10.6. The fourth-order valence-electron chi connectivity index (χ4n) is 1.73. The summed E-state index contributed by atoms with van der Waals surface area (Å²) in [5.74, 6) is -0.245. The summed E-state index contributed by atoms with van der Waals surface area (Å²) in [5.41, 5.74) is 6.57. The van der Waals surface area contributed by atoms with Crippen LogP contribution < -0.4 is 11.1 Å². The second kappa shape index (κ2) is 5.55. The van der Waals surface area contributed by atoms with E-state index in [0.717, 1.165) is 10.0 Å². The van der Waals surface area contributed by atoms with Crippen molar-refractivity contribution in [3.63, 3.8) is 0 Å². The summed E-state index contributed by atoms with van der Waals surface area (Å²) in [4.78, 5) is 12.3. The van der Waals surface area contributed by atoms with Gasteiger partial charge in [-0.2, -0.15) is 0 Å². The third-order valence-corrected chi connectivity index (χ3v) is 3.66. The Morgan fingerprint density at radius 3 is 2.32 bits per heavy atom. The number of carbonyl (C=O) groups is 1. The Bertz CT molecular complexity index is 582. The van der Waals surface area contributed by atoms with E-state index in [9.17, 15) is 4.79 Å². The summed E-state index contributed by atoms with van der Waals surface area (Å²) in [6.07, 6.45) is 0. The van der Waals surface area contributed by atoms with Crippen molar-refractivity contribution in [1.29, 1.82) is 0 Å². The fourth-order valence-corrected chi connectivity index (χ4v) is 2.11. The van der Waals surface area contributed by atoms with Crippen molar-refractivity contribution in [3.05, 3.63) is 64.6 Å². The minimum Gasteiger partial charge on any atom is -0.323 e. The number of carbonyl (C=O) groups excluding carboxylic acids is 1. The van der Waals surface area contributed by atoms with Crippen molar-refractivity contribution in [2.45, 2.75) is 12.5 Å². The van der Waals surface area contributed by atoms with Crippen LogP contribution in [0.2, 0.25) is 0 Å². The van der Waals surface area contributed by atoms with Gasteiger partial charge in [-0.15, -0.1) is 0 Å². The predicted molar refractivity (Wildman–Crippen MR) is 80.8 cm³/mol. The Labute approximate surface area is 121 Å². The number of benzene rings is 2. The molecule has 2 aromatic carbocycles. The maximum Gasteiger partial charge on any atom is 0.248 e. The Balaban J connectivity index is 2.23. The Morgan fingerprint density at radius 1 is 1.11 bits per heavy atom. The lowest BCUT2D eigenvalue weighted by atomic mass is 9.92. The first-order chi connectivity index (χ1) is 9.01. The molecule has 0 bridgehead atoms. The van der Waals surface area contributed by atoms with Crippen LogP contribution in [0.4, 0.5) is 5.69 Å². The van der Waals surface area contributed by atoms with E-state index in [-0.39, 0.29) is 5.91 Å². The van der Waals surface area contributed by atoms with Crippen LogP contribution in [0.1, 0.15) is 12.5 Å². The van der Waals surface area contributed by atoms with E-state index >= 15 is 0 Å². The number of hydrogen-bond donors (Lipinski definition) is 2. The number of nitrogens with two attached hydrogens (primary N) is 1. The van der Waals surface area contributed by atoms with Crippen LogP contribution >= 0.6 is 15.9 Å². The van der Waals surface area contributed by atoms with Crippen molar-refractivity contribution < 1.29 is 4.79 Å². The van der Waals surface area contributed by atoms with Crippen LogP contribution in [0.15, 0.2) is 59.1 Å². The number of amides is 1. The number of para-hydroxylation sites is 1. The molecule has 0 aliphatic rings. The van der Waals surface area contributed by atoms with E-state index in [0.29, 0.717) is 5.69 Å². The molecule has 4 heteroatoms. The van der Waals surface area contributed by atoms with Gasteiger partial charge in [0.2, 0.25) is 5.91 Å². The molecule has 0 fully saturated rings. The molecule has 0 aliphatic carbocycles. The Kier molecular flexibility index (Phi) is 4.02. The van der Waals surface area contributed by atoms with Gasteiger partial charge in [-0.1, -0.05) is 42.5 Å². The molecule has 0 heterocycles. The Hall–Kier alpha value is -1.65. The first kappa shape index (κ1) is 13.8. The van der Waals surface area contributed by atoms with Gasteiger partial charge in [-0.05, 0) is 40.5 Å². The van der Waals surface area contributed by atoms with E-state index in [1.807, 2.05) is 54.6 Å². The Morgan fingerprint density at radius 2 is 1.68 bits per heavy atom. The van der Waals surface area contributed by atoms with Crippen molar-refractivity contribution in [2.24, 2.45) is 5.73 Å². The second-order valence-electron chi connectivity index (χ2n) is 4.50. The van der Waals surface area contributed by atoms with Gasteiger partial charge in [-0.25, -0.2) is 0 Å². The lowest BCUT2D eigenvalue weighted by Gasteiger charge is -2.24. The molecule has 3 N–H and O–H groups in total. The standard InChI is InChI=1S/C15H15BrN2O/c1-15(17,11-7-3-2-4-8-11)14(19)18-13-10-6-5-9-12(13)16/h2-10H,17H2,1H3,(H,18,19). The topological polar surface area (TPSA) is 55.1 Å². The van der Waals surface area contributed by atoms with Gasteiger partial charge in [0.25, 0.3) is 0 Å². The normalized spacial score (nSPS) is 13.6. The van der Waals surface area contributed by atoms with Gasteiger partial charge in [-0.3, -0.25) is 4.79 Å². The molecule has 0 saturated carbocycles. The van der Waals surface area contributed by atoms with Crippen LogP contribution in [0.3, 0.4) is 0 Å². The SMILES string of the molecule is CC(N)(C(=O)Nc1ccccc1Br)c1ccccc1. The number of hydrogen-bond acceptors (Lipinski definition) is 2. The van der Waals surface area contributed by atoms with Crippen molar-refractivity contribution >= 4 is 27.5 Å². The molecule has 19 heavy (non-hydrogen) atoms. The molecule has 1 atom stereocenters. The summed E-state index contributed by atoms with van der Waals surface area (Å²) >= 11 is 3.39. The van der Waals surface area contributed by atoms with E-state index in [4.69, 9.17) is 5.73 Å².